The standard InChI is InChI=1S/C7H6I.Po/c1-6-4-2-3-5-7(6)8;/h2,4-5H,1H3;. The van der Waals surface area contributed by atoms with Crippen LogP contribution in [0.2, 0.25) is 0 Å². The predicted octanol–water partition coefficient (Wildman–Crippen LogP) is 1.39. The van der Waals surface area contributed by atoms with Crippen LogP contribution in [0.5, 0.6) is 0 Å². The van der Waals surface area contributed by atoms with Crippen LogP contribution in [0.3, 0.4) is 0 Å². The topological polar surface area (TPSA) is 0 Å². The monoisotopic (exact) mass is 426 g/mol. The predicted molar refractivity (Wildman–Crippen MR) is 49.3 cm³/mol. The fourth-order valence-corrected chi connectivity index (χ4v) is 2.72. The van der Waals surface area contributed by atoms with Crippen LogP contribution in [0.15, 0.2) is 18.2 Å². The van der Waals surface area contributed by atoms with Gasteiger partial charge in [0, 0.05) is 0 Å². The van der Waals surface area contributed by atoms with Gasteiger partial charge in [0.05, 0.1) is 0 Å². The summed E-state index contributed by atoms with van der Waals surface area (Å²) in [6.07, 6.45) is 0. The van der Waals surface area contributed by atoms with Gasteiger partial charge in [0.1, 0.15) is 0 Å². The summed E-state index contributed by atoms with van der Waals surface area (Å²) < 4.78 is 2.80. The number of benzene rings is 1. The summed E-state index contributed by atoms with van der Waals surface area (Å²) in [5.41, 5.74) is 1.38. The van der Waals surface area contributed by atoms with Crippen molar-refractivity contribution in [2.24, 2.45) is 0 Å². The Kier molecular flexibility index (Phi) is 2.91. The second kappa shape index (κ2) is 3.30. The molecule has 1 radical (unpaired) electrons. The molecule has 0 aliphatic carbocycles. The summed E-state index contributed by atoms with van der Waals surface area (Å²) in [6, 6.07) is 6.57. The van der Waals surface area contributed by atoms with E-state index in [0.717, 1.165) is 0 Å². The minimum absolute atomic E-state index is 1.38. The van der Waals surface area contributed by atoms with E-state index in [9.17, 15) is 0 Å². The third kappa shape index (κ3) is 2.16. The van der Waals surface area contributed by atoms with Gasteiger partial charge in [-0.15, -0.1) is 0 Å². The molecule has 0 fully saturated rings. The molecule has 0 heterocycles. The number of hydrogen-bond acceptors (Lipinski definition) is 0. The Morgan fingerprint density at radius 3 is 2.56 bits per heavy atom. The summed E-state index contributed by atoms with van der Waals surface area (Å²) in [5, 5.41) is 0. The quantitative estimate of drug-likeness (QED) is 0.551. The van der Waals surface area contributed by atoms with Gasteiger partial charge in [-0.1, -0.05) is 0 Å². The third-order valence-corrected chi connectivity index (χ3v) is 3.29. The van der Waals surface area contributed by atoms with Crippen molar-refractivity contribution in [2.45, 2.75) is 6.92 Å². The molecule has 0 N–H and O–H groups in total. The Morgan fingerprint density at radius 1 is 1.44 bits per heavy atom. The van der Waals surface area contributed by atoms with Crippen LogP contribution in [0.25, 0.3) is 0 Å². The molecule has 0 saturated carbocycles. The van der Waals surface area contributed by atoms with Gasteiger partial charge in [0.2, 0.25) is 0 Å². The van der Waals surface area contributed by atoms with Crippen molar-refractivity contribution in [3.63, 3.8) is 0 Å². The zero-order valence-electron chi connectivity index (χ0n) is 5.02. The van der Waals surface area contributed by atoms with Crippen LogP contribution in [-0.4, -0.2) is 25.1 Å². The van der Waals surface area contributed by atoms with E-state index in [1.165, 1.54) is 12.4 Å². The van der Waals surface area contributed by atoms with Crippen LogP contribution in [-0.2, 0) is 0 Å². The average molecular weight is 426 g/mol. The zero-order valence-corrected chi connectivity index (χ0v) is 10.3. The van der Waals surface area contributed by atoms with Crippen molar-refractivity contribution in [3.05, 3.63) is 27.3 Å². The molecule has 1 aromatic rings. The molecule has 0 amide bonds. The van der Waals surface area contributed by atoms with Crippen LogP contribution >= 0.6 is 22.6 Å². The Bertz CT molecular complexity index is 220. The van der Waals surface area contributed by atoms with Crippen molar-refractivity contribution in [3.8, 4) is 0 Å². The maximum absolute atomic E-state index is 2.36. The van der Waals surface area contributed by atoms with Gasteiger partial charge in [-0.25, -0.2) is 0 Å². The Morgan fingerprint density at radius 2 is 2.11 bits per heavy atom. The Labute approximate surface area is 84.3 Å². The molecule has 0 bridgehead atoms. The van der Waals surface area contributed by atoms with Crippen LogP contribution in [0, 0.1) is 10.5 Å². The molecule has 2 heteroatoms. The fourth-order valence-electron chi connectivity index (χ4n) is 0.574. The van der Waals surface area contributed by atoms with Gasteiger partial charge in [0.15, 0.2) is 0 Å². The van der Waals surface area contributed by atoms with Crippen molar-refractivity contribution < 1.29 is 0 Å². The summed E-state index contributed by atoms with van der Waals surface area (Å²) in [4.78, 5) is 0. The van der Waals surface area contributed by atoms with E-state index in [-0.39, 0.29) is 0 Å². The van der Waals surface area contributed by atoms with E-state index < -0.39 is 0 Å². The molecule has 1 aromatic carbocycles. The number of rotatable bonds is 0. The molecule has 0 spiro atoms. The summed E-state index contributed by atoms with van der Waals surface area (Å²) in [6.45, 7) is 2.14. The van der Waals surface area contributed by atoms with Crippen LogP contribution < -0.4 is 3.22 Å². The van der Waals surface area contributed by atoms with Gasteiger partial charge in [-0.3, -0.25) is 0 Å². The van der Waals surface area contributed by atoms with E-state index in [2.05, 4.69) is 47.7 Å². The van der Waals surface area contributed by atoms with E-state index >= 15 is 0 Å². The van der Waals surface area contributed by atoms with Crippen LogP contribution in [0.4, 0.5) is 0 Å². The Hall–Kier alpha value is 0.846. The molecule has 1 rings (SSSR count). The Balaban J connectivity index is 3.17. The molecular weight excluding hydrogens is 420 g/mol. The first-order valence-electron chi connectivity index (χ1n) is 2.63. The van der Waals surface area contributed by atoms with Gasteiger partial charge < -0.3 is 0 Å². The van der Waals surface area contributed by atoms with Gasteiger partial charge >= 0.3 is 85.1 Å². The first-order valence-corrected chi connectivity index (χ1v) is 5.30. The van der Waals surface area contributed by atoms with E-state index in [1.807, 2.05) is 0 Å². The third-order valence-electron chi connectivity index (χ3n) is 1.14. The molecule has 0 aliphatic heterocycles. The summed E-state index contributed by atoms with van der Waals surface area (Å²) >= 11 is 3.91. The van der Waals surface area contributed by atoms with E-state index in [4.69, 9.17) is 0 Å². The van der Waals surface area contributed by atoms with Crippen molar-refractivity contribution in [1.82, 2.24) is 0 Å². The van der Waals surface area contributed by atoms with Crippen LogP contribution in [0.1, 0.15) is 5.56 Å². The number of halogens is 1. The molecule has 9 heavy (non-hydrogen) atoms. The van der Waals surface area contributed by atoms with Gasteiger partial charge in [-0.05, 0) is 0 Å². The number of aryl methyl sites for hydroxylation is 1. The molecule has 0 saturated heterocycles. The first kappa shape index (κ1) is 7.95. The normalized spacial score (nSPS) is 9.56. The van der Waals surface area contributed by atoms with Crippen molar-refractivity contribution >= 4 is 50.9 Å². The molecule has 0 atom stereocenters. The van der Waals surface area contributed by atoms with E-state index in [1.54, 1.807) is 25.1 Å². The minimum atomic E-state index is 1.38. The maximum atomic E-state index is 2.36. The fraction of sp³-hybridized carbons (Fsp3) is 0.143. The first-order chi connectivity index (χ1) is 4.20. The SMILES string of the molecule is Cc1cc[c]([Po])cc1I. The second-order valence-corrected chi connectivity index (χ2v) is 4.91. The summed E-state index contributed by atoms with van der Waals surface area (Å²) in [7, 11) is 0. The molecule has 0 unspecified atom stereocenters. The summed E-state index contributed by atoms with van der Waals surface area (Å²) in [5.74, 6) is 0. The second-order valence-electron chi connectivity index (χ2n) is 1.91. The van der Waals surface area contributed by atoms with Crippen molar-refractivity contribution in [2.75, 3.05) is 0 Å². The average Bonchev–Trinajstić information content (AvgIpc) is 1.80. The molecule has 47 valence electrons. The van der Waals surface area contributed by atoms with E-state index in [0.29, 0.717) is 0 Å². The van der Waals surface area contributed by atoms with Gasteiger partial charge in [-0.2, -0.15) is 0 Å². The zero-order chi connectivity index (χ0) is 6.85. The molecular formula is C7H6IPo. The molecule has 0 aliphatic rings. The van der Waals surface area contributed by atoms with Gasteiger partial charge in [0.25, 0.3) is 0 Å². The molecule has 0 nitrogen and oxygen atoms in total. The van der Waals surface area contributed by atoms with Crippen molar-refractivity contribution in [1.29, 1.82) is 0 Å². The number of hydrogen-bond donors (Lipinski definition) is 0. The molecule has 0 aromatic heterocycles.